The zero-order valence-corrected chi connectivity index (χ0v) is 23.3. The van der Waals surface area contributed by atoms with E-state index in [9.17, 15) is 29.4 Å². The second-order valence-electron chi connectivity index (χ2n) is 9.35. The van der Waals surface area contributed by atoms with Gasteiger partial charge in [-0.3, -0.25) is 14.4 Å². The van der Waals surface area contributed by atoms with Gasteiger partial charge in [-0.25, -0.2) is 9.78 Å². The van der Waals surface area contributed by atoms with Gasteiger partial charge in [0.1, 0.15) is 23.9 Å². The highest BCUT2D eigenvalue weighted by Crippen LogP contribution is 2.13. The summed E-state index contributed by atoms with van der Waals surface area (Å²) in [7, 11) is 0. The fourth-order valence-electron chi connectivity index (χ4n) is 3.88. The van der Waals surface area contributed by atoms with Crippen LogP contribution in [0, 0.1) is 0 Å². The number of nitrogens with zero attached hydrogens (tertiary/aromatic N) is 1. The largest absolute Gasteiger partial charge is 0.508 e. The number of hydrogen-bond donors (Lipinski definition) is 8. The quantitative estimate of drug-likeness (QED) is 0.107. The van der Waals surface area contributed by atoms with Crippen molar-refractivity contribution in [3.63, 3.8) is 0 Å². The molecule has 0 radical (unpaired) electrons. The monoisotopic (exact) mass is 577 g/mol. The van der Waals surface area contributed by atoms with E-state index in [0.717, 1.165) is 0 Å². The Morgan fingerprint density at radius 3 is 2.20 bits per heavy atom. The molecular formula is C26H39N7O6S. The second kappa shape index (κ2) is 17.2. The topological polar surface area (TPSA) is 226 Å². The lowest BCUT2D eigenvalue weighted by molar-refractivity contribution is -0.142. The van der Waals surface area contributed by atoms with Crippen LogP contribution >= 0.6 is 11.8 Å². The number of benzene rings is 1. The summed E-state index contributed by atoms with van der Waals surface area (Å²) < 4.78 is 0. The number of carbonyl (C=O) groups is 4. The molecule has 4 unspecified atom stereocenters. The molecule has 1 aromatic heterocycles. The van der Waals surface area contributed by atoms with E-state index in [-0.39, 0.29) is 31.4 Å². The molecule has 40 heavy (non-hydrogen) atoms. The molecule has 1 heterocycles. The molecule has 13 nitrogen and oxygen atoms in total. The maximum atomic E-state index is 13.4. The van der Waals surface area contributed by atoms with Gasteiger partial charge in [0.05, 0.1) is 12.4 Å². The number of aromatic hydroxyl groups is 1. The molecule has 1 aromatic carbocycles. The number of imidazole rings is 1. The van der Waals surface area contributed by atoms with E-state index in [0.29, 0.717) is 36.4 Å². The van der Waals surface area contributed by atoms with Crippen LogP contribution in [0.5, 0.6) is 5.75 Å². The Labute approximate surface area is 237 Å². The summed E-state index contributed by atoms with van der Waals surface area (Å²) in [5.74, 6) is -2.49. The zero-order valence-electron chi connectivity index (χ0n) is 22.5. The minimum atomic E-state index is -1.18. The van der Waals surface area contributed by atoms with Crippen molar-refractivity contribution in [2.75, 3.05) is 18.6 Å². The van der Waals surface area contributed by atoms with Crippen molar-refractivity contribution in [3.8, 4) is 5.75 Å². The molecule has 0 saturated heterocycles. The Morgan fingerprint density at radius 2 is 1.60 bits per heavy atom. The molecule has 220 valence electrons. The molecule has 0 fully saturated rings. The molecule has 2 aromatic rings. The van der Waals surface area contributed by atoms with E-state index >= 15 is 0 Å². The van der Waals surface area contributed by atoms with Gasteiger partial charge in [-0.15, -0.1) is 0 Å². The number of H-pyrrole nitrogens is 1. The lowest BCUT2D eigenvalue weighted by Crippen LogP contribution is -2.57. The van der Waals surface area contributed by atoms with Gasteiger partial charge in [0, 0.05) is 24.7 Å². The Balaban J connectivity index is 2.21. The smallest absolute Gasteiger partial charge is 0.326 e. The number of carboxylic acid groups (broad SMARTS) is 1. The number of aromatic amines is 1. The van der Waals surface area contributed by atoms with Crippen molar-refractivity contribution in [2.45, 2.75) is 62.7 Å². The molecule has 0 aliphatic heterocycles. The van der Waals surface area contributed by atoms with E-state index in [1.807, 2.05) is 6.26 Å². The summed E-state index contributed by atoms with van der Waals surface area (Å²) in [4.78, 5) is 58.0. The lowest BCUT2D eigenvalue weighted by Gasteiger charge is -2.25. The highest BCUT2D eigenvalue weighted by Gasteiger charge is 2.30. The number of phenolic OH excluding ortho intramolecular Hbond substituents is 1. The minimum Gasteiger partial charge on any atom is -0.508 e. The van der Waals surface area contributed by atoms with Gasteiger partial charge in [0.15, 0.2) is 0 Å². The average molecular weight is 578 g/mol. The number of amides is 3. The number of thioether (sulfide) groups is 1. The molecule has 2 rings (SSSR count). The van der Waals surface area contributed by atoms with Gasteiger partial charge < -0.3 is 42.6 Å². The predicted molar refractivity (Wildman–Crippen MR) is 151 cm³/mol. The van der Waals surface area contributed by atoms with Crippen molar-refractivity contribution >= 4 is 35.5 Å². The van der Waals surface area contributed by atoms with Gasteiger partial charge in [-0.05, 0) is 61.9 Å². The summed E-state index contributed by atoms with van der Waals surface area (Å²) in [6.07, 6.45) is 6.67. The van der Waals surface area contributed by atoms with Crippen molar-refractivity contribution in [1.82, 2.24) is 25.9 Å². The number of carbonyl (C=O) groups excluding carboxylic acids is 3. The first-order valence-corrected chi connectivity index (χ1v) is 14.4. The summed E-state index contributed by atoms with van der Waals surface area (Å²) in [5, 5.41) is 27.1. The third-order valence-corrected chi connectivity index (χ3v) is 6.79. The fourth-order valence-corrected chi connectivity index (χ4v) is 4.35. The number of hydrogen-bond acceptors (Lipinski definition) is 9. The first-order chi connectivity index (χ1) is 19.1. The Bertz CT molecular complexity index is 1080. The van der Waals surface area contributed by atoms with Gasteiger partial charge >= 0.3 is 5.97 Å². The molecular weight excluding hydrogens is 538 g/mol. The van der Waals surface area contributed by atoms with Crippen molar-refractivity contribution < 1.29 is 29.4 Å². The van der Waals surface area contributed by atoms with E-state index in [4.69, 9.17) is 11.5 Å². The Morgan fingerprint density at radius 1 is 0.950 bits per heavy atom. The van der Waals surface area contributed by atoms with Crippen molar-refractivity contribution in [3.05, 3.63) is 48.0 Å². The number of nitrogens with two attached hydrogens (primary N) is 2. The SMILES string of the molecule is CSCCC(NC(=O)C(Cc1ccc(O)cc1)NC(=O)C(CCCCN)NC(=O)C(N)Cc1cnc[nH]1)C(=O)O. The van der Waals surface area contributed by atoms with Gasteiger partial charge in [0.25, 0.3) is 0 Å². The normalized spacial score (nSPS) is 14.0. The van der Waals surface area contributed by atoms with Crippen LogP contribution in [-0.4, -0.2) is 86.6 Å². The number of phenols is 1. The van der Waals surface area contributed by atoms with Crippen LogP contribution in [0.15, 0.2) is 36.8 Å². The highest BCUT2D eigenvalue weighted by atomic mass is 32.2. The van der Waals surface area contributed by atoms with Crippen molar-refractivity contribution in [2.24, 2.45) is 11.5 Å². The van der Waals surface area contributed by atoms with Crippen LogP contribution in [0.4, 0.5) is 0 Å². The number of rotatable bonds is 18. The predicted octanol–water partition coefficient (Wildman–Crippen LogP) is -0.351. The van der Waals surface area contributed by atoms with Gasteiger partial charge in [0.2, 0.25) is 17.7 Å². The number of aromatic nitrogens is 2. The van der Waals surface area contributed by atoms with E-state index in [1.54, 1.807) is 18.3 Å². The fraction of sp³-hybridized carbons (Fsp3) is 0.500. The standard InChI is InChI=1S/C26H39N7O6S/c1-40-11-9-21(26(38)39)32-25(37)22(12-16-5-7-18(34)8-6-16)33-24(36)20(4-2-3-10-27)31-23(35)19(28)13-17-14-29-15-30-17/h5-8,14-15,19-22,34H,2-4,9-13,27-28H2,1H3,(H,29,30)(H,31,35)(H,32,37)(H,33,36)(H,38,39). The molecule has 10 N–H and O–H groups in total. The number of unbranched alkanes of at least 4 members (excludes halogenated alkanes) is 1. The maximum Gasteiger partial charge on any atom is 0.326 e. The van der Waals surface area contributed by atoms with E-state index in [1.165, 1.54) is 30.2 Å². The van der Waals surface area contributed by atoms with Crippen LogP contribution in [0.3, 0.4) is 0 Å². The number of aliphatic carboxylic acids is 1. The van der Waals surface area contributed by atoms with Crippen molar-refractivity contribution in [1.29, 1.82) is 0 Å². The van der Waals surface area contributed by atoms with E-state index in [2.05, 4.69) is 25.9 Å². The first-order valence-electron chi connectivity index (χ1n) is 13.0. The summed E-state index contributed by atoms with van der Waals surface area (Å²) in [5.41, 5.74) is 12.9. The third kappa shape index (κ3) is 11.2. The zero-order chi connectivity index (χ0) is 29.5. The summed E-state index contributed by atoms with van der Waals surface area (Å²) in [6, 6.07) is 1.84. The average Bonchev–Trinajstić information content (AvgIpc) is 3.43. The second-order valence-corrected chi connectivity index (χ2v) is 10.3. The lowest BCUT2D eigenvalue weighted by atomic mass is 10.0. The molecule has 14 heteroatoms. The van der Waals surface area contributed by atoms with E-state index < -0.39 is 47.9 Å². The molecule has 0 bridgehead atoms. The first kappa shape index (κ1) is 32.6. The molecule has 0 aliphatic rings. The molecule has 3 amide bonds. The third-order valence-electron chi connectivity index (χ3n) is 6.15. The van der Waals surface area contributed by atoms with Gasteiger partial charge in [-0.1, -0.05) is 12.1 Å². The summed E-state index contributed by atoms with van der Waals surface area (Å²) >= 11 is 1.45. The molecule has 0 aliphatic carbocycles. The van der Waals surface area contributed by atoms with Crippen LogP contribution in [-0.2, 0) is 32.0 Å². The van der Waals surface area contributed by atoms with Crippen LogP contribution in [0.2, 0.25) is 0 Å². The number of carboxylic acids is 1. The number of nitrogens with one attached hydrogen (secondary N) is 4. The summed E-state index contributed by atoms with van der Waals surface area (Å²) in [6.45, 7) is 0.403. The Hall–Kier alpha value is -3.62. The van der Waals surface area contributed by atoms with Gasteiger partial charge in [-0.2, -0.15) is 11.8 Å². The molecule has 0 saturated carbocycles. The maximum absolute atomic E-state index is 13.4. The highest BCUT2D eigenvalue weighted by molar-refractivity contribution is 7.98. The van der Waals surface area contributed by atoms with Crippen LogP contribution < -0.4 is 27.4 Å². The molecule has 4 atom stereocenters. The minimum absolute atomic E-state index is 0.0233. The van der Waals surface area contributed by atoms with Crippen LogP contribution in [0.25, 0.3) is 0 Å². The Kier molecular flexibility index (Phi) is 14.0. The van der Waals surface area contributed by atoms with Crippen LogP contribution in [0.1, 0.15) is 36.9 Å². The molecule has 0 spiro atoms.